The van der Waals surface area contributed by atoms with Gasteiger partial charge in [0.25, 0.3) is 6.43 Å². The highest BCUT2D eigenvalue weighted by Crippen LogP contribution is 2.35. The second-order valence-corrected chi connectivity index (χ2v) is 7.75. The Morgan fingerprint density at radius 3 is 2.74 bits per heavy atom. The number of aromatic nitrogens is 5. The van der Waals surface area contributed by atoms with Crippen LogP contribution in [-0.2, 0) is 6.54 Å². The molecule has 34 heavy (non-hydrogen) atoms. The van der Waals surface area contributed by atoms with Crippen LogP contribution in [0.15, 0.2) is 49.1 Å². The zero-order chi connectivity index (χ0) is 24.2. The molecular formula is C23H25F3N6O2. The molecule has 3 aromatic heterocycles. The summed E-state index contributed by atoms with van der Waals surface area (Å²) in [7, 11) is 1.81. The van der Waals surface area contributed by atoms with E-state index in [9.17, 15) is 13.2 Å². The van der Waals surface area contributed by atoms with Gasteiger partial charge in [-0.2, -0.15) is 10.2 Å². The average Bonchev–Trinajstić information content (AvgIpc) is 3.45. The van der Waals surface area contributed by atoms with Crippen LogP contribution in [0.25, 0.3) is 16.8 Å². The quantitative estimate of drug-likeness (QED) is 0.375. The van der Waals surface area contributed by atoms with E-state index in [-0.39, 0.29) is 18.4 Å². The average molecular weight is 474 g/mol. The largest absolute Gasteiger partial charge is 0.487 e. The Morgan fingerprint density at radius 2 is 2.00 bits per heavy atom. The highest BCUT2D eigenvalue weighted by atomic mass is 19.3. The zero-order valence-corrected chi connectivity index (χ0v) is 18.8. The van der Waals surface area contributed by atoms with Gasteiger partial charge in [-0.1, -0.05) is 6.92 Å². The van der Waals surface area contributed by atoms with Crippen LogP contribution < -0.4 is 9.64 Å². The molecular weight excluding hydrogens is 449 g/mol. The van der Waals surface area contributed by atoms with Crippen LogP contribution in [0.2, 0.25) is 0 Å². The number of fused-ring (bicyclic) bond motifs is 1. The Morgan fingerprint density at radius 1 is 1.18 bits per heavy atom. The minimum absolute atomic E-state index is 0.0232. The van der Waals surface area contributed by atoms with Crippen LogP contribution in [0.5, 0.6) is 5.75 Å². The smallest absolute Gasteiger partial charge is 0.272 e. The molecule has 8 nitrogen and oxygen atoms in total. The van der Waals surface area contributed by atoms with E-state index in [2.05, 4.69) is 10.2 Å². The van der Waals surface area contributed by atoms with Crippen molar-refractivity contribution in [3.05, 3.63) is 60.4 Å². The van der Waals surface area contributed by atoms with E-state index in [0.29, 0.717) is 30.0 Å². The van der Waals surface area contributed by atoms with E-state index in [0.717, 1.165) is 11.1 Å². The van der Waals surface area contributed by atoms with Crippen LogP contribution in [0.4, 0.5) is 19.0 Å². The molecule has 0 spiro atoms. The van der Waals surface area contributed by atoms with Gasteiger partial charge in [0.1, 0.15) is 24.0 Å². The van der Waals surface area contributed by atoms with Crippen molar-refractivity contribution in [2.75, 3.05) is 25.2 Å². The molecule has 0 bridgehead atoms. The molecule has 1 aromatic carbocycles. The van der Waals surface area contributed by atoms with E-state index < -0.39 is 18.8 Å². The van der Waals surface area contributed by atoms with Gasteiger partial charge in [-0.3, -0.25) is 4.68 Å². The molecule has 4 rings (SSSR count). The number of benzene rings is 1. The van der Waals surface area contributed by atoms with Crippen molar-refractivity contribution in [1.82, 2.24) is 24.4 Å². The van der Waals surface area contributed by atoms with Gasteiger partial charge in [-0.15, -0.1) is 0 Å². The fourth-order valence-corrected chi connectivity index (χ4v) is 3.91. The molecule has 0 amide bonds. The van der Waals surface area contributed by atoms with Crippen molar-refractivity contribution in [3.63, 3.8) is 0 Å². The molecule has 1 N–H and O–H groups in total. The third kappa shape index (κ3) is 4.84. The van der Waals surface area contributed by atoms with Crippen LogP contribution in [0.1, 0.15) is 24.9 Å². The van der Waals surface area contributed by atoms with Crippen molar-refractivity contribution in [3.8, 4) is 16.9 Å². The first-order valence-corrected chi connectivity index (χ1v) is 10.8. The highest BCUT2D eigenvalue weighted by Gasteiger charge is 2.23. The van der Waals surface area contributed by atoms with Crippen LogP contribution in [-0.4, -0.2) is 56.2 Å². The van der Waals surface area contributed by atoms with Gasteiger partial charge >= 0.3 is 0 Å². The van der Waals surface area contributed by atoms with Gasteiger partial charge < -0.3 is 14.7 Å². The molecule has 1 atom stereocenters. The number of halogens is 3. The normalized spacial score (nSPS) is 12.4. The molecule has 0 aliphatic heterocycles. The van der Waals surface area contributed by atoms with Crippen molar-refractivity contribution >= 4 is 11.5 Å². The summed E-state index contributed by atoms with van der Waals surface area (Å²) >= 11 is 0. The zero-order valence-electron chi connectivity index (χ0n) is 18.8. The van der Waals surface area contributed by atoms with E-state index in [1.54, 1.807) is 40.1 Å². The van der Waals surface area contributed by atoms with Gasteiger partial charge in [0.05, 0.1) is 31.6 Å². The van der Waals surface area contributed by atoms with Gasteiger partial charge in [-0.05, 0) is 30.7 Å². The molecule has 3 heterocycles. The number of aliphatic hydroxyl groups is 1. The topological polar surface area (TPSA) is 80.7 Å². The molecule has 0 saturated heterocycles. The standard InChI is InChI=1S/C23H25F3N6O2/c1-3-19(17-10-16(24)4-5-20(17)34-14-21(25)26)30(2)22-6-7-32-23(29-22)18(12-28-32)15-11-27-31(13-15)8-9-33/h4-7,10-13,19,21,33H,3,8-9,14H2,1-2H3. The van der Waals surface area contributed by atoms with Crippen molar-refractivity contribution in [1.29, 1.82) is 0 Å². The molecule has 0 fully saturated rings. The van der Waals surface area contributed by atoms with Crippen molar-refractivity contribution in [2.24, 2.45) is 0 Å². The first-order valence-electron chi connectivity index (χ1n) is 10.8. The first kappa shape index (κ1) is 23.6. The summed E-state index contributed by atoms with van der Waals surface area (Å²) in [6, 6.07) is 5.28. The van der Waals surface area contributed by atoms with E-state index in [1.165, 1.54) is 18.2 Å². The van der Waals surface area contributed by atoms with E-state index >= 15 is 0 Å². The summed E-state index contributed by atoms with van der Waals surface area (Å²) in [6.45, 7) is 1.50. The Kier molecular flexibility index (Phi) is 7.01. The third-order valence-electron chi connectivity index (χ3n) is 5.54. The highest BCUT2D eigenvalue weighted by molar-refractivity contribution is 5.77. The van der Waals surface area contributed by atoms with E-state index in [1.807, 2.05) is 18.9 Å². The van der Waals surface area contributed by atoms with Crippen LogP contribution >= 0.6 is 0 Å². The van der Waals surface area contributed by atoms with E-state index in [4.69, 9.17) is 14.8 Å². The lowest BCUT2D eigenvalue weighted by Crippen LogP contribution is -2.25. The Labute approximate surface area is 194 Å². The fraction of sp³-hybridized carbons (Fsp3) is 0.348. The maximum atomic E-state index is 14.1. The lowest BCUT2D eigenvalue weighted by molar-refractivity contribution is 0.0811. The van der Waals surface area contributed by atoms with Crippen LogP contribution in [0, 0.1) is 5.82 Å². The minimum Gasteiger partial charge on any atom is -0.487 e. The molecule has 180 valence electrons. The van der Waals surface area contributed by atoms with Gasteiger partial charge in [0, 0.05) is 36.1 Å². The number of ether oxygens (including phenoxy) is 1. The fourth-order valence-electron chi connectivity index (χ4n) is 3.91. The van der Waals surface area contributed by atoms with Crippen LogP contribution in [0.3, 0.4) is 0 Å². The van der Waals surface area contributed by atoms with Crippen molar-refractivity contribution < 1.29 is 23.0 Å². The summed E-state index contributed by atoms with van der Waals surface area (Å²) < 4.78 is 48.1. The van der Waals surface area contributed by atoms with Crippen molar-refractivity contribution in [2.45, 2.75) is 32.4 Å². The summed E-state index contributed by atoms with van der Waals surface area (Å²) in [6.07, 6.45) is 4.85. The number of nitrogens with zero attached hydrogens (tertiary/aromatic N) is 6. The summed E-state index contributed by atoms with van der Waals surface area (Å²) in [5, 5.41) is 17.7. The number of aliphatic hydroxyl groups excluding tert-OH is 1. The number of rotatable bonds is 10. The number of hydrogen-bond donors (Lipinski definition) is 1. The monoisotopic (exact) mass is 474 g/mol. The summed E-state index contributed by atoms with van der Waals surface area (Å²) in [5.41, 5.74) is 2.62. The first-order chi connectivity index (χ1) is 16.4. The summed E-state index contributed by atoms with van der Waals surface area (Å²) in [5.74, 6) is 0.323. The molecule has 0 aliphatic rings. The second kappa shape index (κ2) is 10.1. The van der Waals surface area contributed by atoms with Gasteiger partial charge in [-0.25, -0.2) is 22.7 Å². The number of anilines is 1. The summed E-state index contributed by atoms with van der Waals surface area (Å²) in [4.78, 5) is 6.63. The molecule has 1 unspecified atom stereocenters. The third-order valence-corrected chi connectivity index (χ3v) is 5.54. The lowest BCUT2D eigenvalue weighted by Gasteiger charge is -2.30. The van der Waals surface area contributed by atoms with Gasteiger partial charge in [0.2, 0.25) is 0 Å². The predicted octanol–water partition coefficient (Wildman–Crippen LogP) is 3.96. The predicted molar refractivity (Wildman–Crippen MR) is 121 cm³/mol. The van der Waals surface area contributed by atoms with Gasteiger partial charge in [0.15, 0.2) is 5.65 Å². The molecule has 11 heteroatoms. The molecule has 4 aromatic rings. The second-order valence-electron chi connectivity index (χ2n) is 7.75. The molecule has 0 aliphatic carbocycles. The molecule has 0 radical (unpaired) electrons. The number of hydrogen-bond acceptors (Lipinski definition) is 6. The Bertz CT molecular complexity index is 1260. The SMILES string of the molecule is CCC(c1cc(F)ccc1OCC(F)F)N(C)c1ccn2ncc(-c3cnn(CCO)c3)c2n1. The number of alkyl halides is 2. The molecule has 0 saturated carbocycles. The Hall–Kier alpha value is -3.60. The lowest BCUT2D eigenvalue weighted by atomic mass is 10.0. The Balaban J connectivity index is 1.69. The maximum Gasteiger partial charge on any atom is 0.272 e. The maximum absolute atomic E-state index is 14.1. The minimum atomic E-state index is -2.64.